The van der Waals surface area contributed by atoms with Gasteiger partial charge >= 0.3 is 0 Å². The van der Waals surface area contributed by atoms with E-state index in [1.807, 2.05) is 0 Å². The van der Waals surface area contributed by atoms with E-state index in [0.29, 0.717) is 0 Å². The molecule has 3 rings (SSSR count). The summed E-state index contributed by atoms with van der Waals surface area (Å²) in [7, 11) is 0. The van der Waals surface area contributed by atoms with Gasteiger partial charge in [-0.1, -0.05) is 0 Å². The largest absolute Gasteiger partial charge is 0.355 e. The number of nitrogens with zero attached hydrogens (tertiary/aromatic N) is 2. The smallest absolute Gasteiger partial charge is 0.133 e. The van der Waals surface area contributed by atoms with Crippen molar-refractivity contribution in [1.29, 1.82) is 0 Å². The summed E-state index contributed by atoms with van der Waals surface area (Å²) in [6.45, 7) is 7.57. The van der Waals surface area contributed by atoms with Crippen LogP contribution in [0, 0.1) is 13.8 Å². The van der Waals surface area contributed by atoms with E-state index >= 15 is 0 Å². The van der Waals surface area contributed by atoms with Gasteiger partial charge in [-0.3, -0.25) is 0 Å². The predicted octanol–water partition coefficient (Wildman–Crippen LogP) is 2.50. The number of aryl methyl sites for hydroxylation is 2. The van der Waals surface area contributed by atoms with E-state index in [1.165, 1.54) is 41.3 Å². The van der Waals surface area contributed by atoms with Crippen LogP contribution in [0.15, 0.2) is 6.07 Å². The standard InChI is InChI=1S/C15H23N3S/c1-11-9-12(2)17-15(18-5-7-19-8-6-18)14(11)10-16-13-3-4-13/h9,13,16H,3-8,10H2,1-2H3. The molecular formula is C15H23N3S. The van der Waals surface area contributed by atoms with Crippen molar-refractivity contribution >= 4 is 17.6 Å². The van der Waals surface area contributed by atoms with Crippen LogP contribution >= 0.6 is 11.8 Å². The molecule has 104 valence electrons. The van der Waals surface area contributed by atoms with Gasteiger partial charge in [0.1, 0.15) is 5.82 Å². The Kier molecular flexibility index (Phi) is 3.99. The lowest BCUT2D eigenvalue weighted by Crippen LogP contribution is -2.35. The monoisotopic (exact) mass is 277 g/mol. The van der Waals surface area contributed by atoms with Crippen LogP contribution in [0.25, 0.3) is 0 Å². The van der Waals surface area contributed by atoms with Crippen LogP contribution in [-0.2, 0) is 6.54 Å². The second-order valence-corrected chi connectivity index (χ2v) is 6.86. The fourth-order valence-electron chi connectivity index (χ4n) is 2.63. The summed E-state index contributed by atoms with van der Waals surface area (Å²) in [5.74, 6) is 3.68. The molecule has 0 unspecified atom stereocenters. The Morgan fingerprint density at radius 2 is 2.05 bits per heavy atom. The minimum absolute atomic E-state index is 0.755. The molecule has 4 heteroatoms. The highest BCUT2D eigenvalue weighted by Crippen LogP contribution is 2.27. The van der Waals surface area contributed by atoms with E-state index in [9.17, 15) is 0 Å². The van der Waals surface area contributed by atoms with Gasteiger partial charge < -0.3 is 10.2 Å². The zero-order chi connectivity index (χ0) is 13.2. The van der Waals surface area contributed by atoms with Crippen molar-refractivity contribution in [3.05, 3.63) is 22.9 Å². The zero-order valence-corrected chi connectivity index (χ0v) is 12.7. The van der Waals surface area contributed by atoms with E-state index in [2.05, 4.69) is 41.9 Å². The highest BCUT2D eigenvalue weighted by molar-refractivity contribution is 7.99. The van der Waals surface area contributed by atoms with Gasteiger partial charge in [-0.15, -0.1) is 0 Å². The quantitative estimate of drug-likeness (QED) is 0.915. The molecule has 0 aromatic carbocycles. The number of nitrogens with one attached hydrogen (secondary N) is 1. The second-order valence-electron chi connectivity index (χ2n) is 5.64. The van der Waals surface area contributed by atoms with Gasteiger partial charge in [0.25, 0.3) is 0 Å². The van der Waals surface area contributed by atoms with Crippen LogP contribution < -0.4 is 10.2 Å². The SMILES string of the molecule is Cc1cc(C)c(CNC2CC2)c(N2CCSCC2)n1. The van der Waals surface area contributed by atoms with Crippen LogP contribution in [0.3, 0.4) is 0 Å². The molecule has 2 heterocycles. The third-order valence-corrected chi connectivity index (χ3v) is 4.85. The van der Waals surface area contributed by atoms with Crippen LogP contribution in [0.2, 0.25) is 0 Å². The first-order valence-electron chi connectivity index (χ1n) is 7.27. The average Bonchev–Trinajstić information content (AvgIpc) is 3.22. The van der Waals surface area contributed by atoms with Crippen molar-refractivity contribution in [2.45, 2.75) is 39.3 Å². The molecule has 1 N–H and O–H groups in total. The molecule has 0 atom stereocenters. The maximum Gasteiger partial charge on any atom is 0.133 e. The number of thioether (sulfide) groups is 1. The fraction of sp³-hybridized carbons (Fsp3) is 0.667. The van der Waals surface area contributed by atoms with Crippen molar-refractivity contribution in [2.75, 3.05) is 29.5 Å². The van der Waals surface area contributed by atoms with Gasteiger partial charge in [-0.25, -0.2) is 4.98 Å². The summed E-state index contributed by atoms with van der Waals surface area (Å²) >= 11 is 2.05. The van der Waals surface area contributed by atoms with Crippen molar-refractivity contribution in [3.8, 4) is 0 Å². The zero-order valence-electron chi connectivity index (χ0n) is 11.9. The number of anilines is 1. The van der Waals surface area contributed by atoms with Crippen LogP contribution in [0.4, 0.5) is 5.82 Å². The van der Waals surface area contributed by atoms with Gasteiger partial charge in [-0.05, 0) is 38.3 Å². The molecule has 1 aromatic heterocycles. The first-order chi connectivity index (χ1) is 9.24. The molecule has 1 saturated carbocycles. The molecule has 1 aromatic rings. The van der Waals surface area contributed by atoms with Crippen LogP contribution in [-0.4, -0.2) is 35.6 Å². The Bertz CT molecular complexity index is 451. The summed E-state index contributed by atoms with van der Waals surface area (Å²) in [5.41, 5.74) is 3.93. The third kappa shape index (κ3) is 3.23. The topological polar surface area (TPSA) is 28.2 Å². The van der Waals surface area contributed by atoms with E-state index in [0.717, 1.165) is 31.4 Å². The summed E-state index contributed by atoms with van der Waals surface area (Å²) in [5, 5.41) is 3.64. The maximum atomic E-state index is 4.83. The first kappa shape index (κ1) is 13.3. The predicted molar refractivity (Wildman–Crippen MR) is 83.1 cm³/mol. The Morgan fingerprint density at radius 3 is 2.74 bits per heavy atom. The van der Waals surface area contributed by atoms with Crippen LogP contribution in [0.5, 0.6) is 0 Å². The first-order valence-corrected chi connectivity index (χ1v) is 8.42. The van der Waals surface area contributed by atoms with E-state index in [4.69, 9.17) is 4.98 Å². The van der Waals surface area contributed by atoms with Crippen molar-refractivity contribution in [3.63, 3.8) is 0 Å². The molecule has 1 aliphatic heterocycles. The molecule has 0 amide bonds. The summed E-state index contributed by atoms with van der Waals surface area (Å²) in [6.07, 6.45) is 2.68. The lowest BCUT2D eigenvalue weighted by Gasteiger charge is -2.30. The second kappa shape index (κ2) is 5.71. The molecule has 1 saturated heterocycles. The number of hydrogen-bond donors (Lipinski definition) is 1. The van der Waals surface area contributed by atoms with E-state index < -0.39 is 0 Å². The van der Waals surface area contributed by atoms with E-state index in [1.54, 1.807) is 0 Å². The summed E-state index contributed by atoms with van der Waals surface area (Å²) < 4.78 is 0. The van der Waals surface area contributed by atoms with Gasteiger partial charge in [0.05, 0.1) is 0 Å². The molecule has 19 heavy (non-hydrogen) atoms. The average molecular weight is 277 g/mol. The molecule has 2 fully saturated rings. The molecule has 2 aliphatic rings. The minimum Gasteiger partial charge on any atom is -0.355 e. The van der Waals surface area contributed by atoms with Gasteiger partial charge in [-0.2, -0.15) is 11.8 Å². The molecular weight excluding hydrogens is 254 g/mol. The minimum atomic E-state index is 0.755. The molecule has 3 nitrogen and oxygen atoms in total. The van der Waals surface area contributed by atoms with Gasteiger partial charge in [0, 0.05) is 48.4 Å². The Labute approximate surface area is 120 Å². The van der Waals surface area contributed by atoms with E-state index in [-0.39, 0.29) is 0 Å². The van der Waals surface area contributed by atoms with Crippen molar-refractivity contribution in [2.24, 2.45) is 0 Å². The molecule has 0 spiro atoms. The normalized spacial score (nSPS) is 19.8. The number of rotatable bonds is 4. The lowest BCUT2D eigenvalue weighted by atomic mass is 10.1. The molecule has 1 aliphatic carbocycles. The Hall–Kier alpha value is -0.740. The molecule has 0 radical (unpaired) electrons. The maximum absolute atomic E-state index is 4.83. The van der Waals surface area contributed by atoms with Gasteiger partial charge in [0.15, 0.2) is 0 Å². The number of hydrogen-bond acceptors (Lipinski definition) is 4. The number of pyridine rings is 1. The Balaban J connectivity index is 1.85. The fourth-order valence-corrected chi connectivity index (χ4v) is 3.54. The third-order valence-electron chi connectivity index (χ3n) is 3.91. The van der Waals surface area contributed by atoms with Crippen molar-refractivity contribution < 1.29 is 0 Å². The van der Waals surface area contributed by atoms with Crippen molar-refractivity contribution in [1.82, 2.24) is 10.3 Å². The number of aromatic nitrogens is 1. The summed E-state index contributed by atoms with van der Waals surface area (Å²) in [4.78, 5) is 7.31. The summed E-state index contributed by atoms with van der Waals surface area (Å²) in [6, 6.07) is 2.97. The Morgan fingerprint density at radius 1 is 1.32 bits per heavy atom. The lowest BCUT2D eigenvalue weighted by molar-refractivity contribution is 0.677. The van der Waals surface area contributed by atoms with Gasteiger partial charge in [0.2, 0.25) is 0 Å². The molecule has 0 bridgehead atoms. The van der Waals surface area contributed by atoms with Crippen LogP contribution in [0.1, 0.15) is 29.7 Å². The highest BCUT2D eigenvalue weighted by Gasteiger charge is 2.23. The highest BCUT2D eigenvalue weighted by atomic mass is 32.2.